The van der Waals surface area contributed by atoms with Crippen LogP contribution < -0.4 is 0 Å². The van der Waals surface area contributed by atoms with Gasteiger partial charge in [-0.15, -0.1) is 0 Å². The number of hydrogen-bond donors (Lipinski definition) is 0. The maximum absolute atomic E-state index is 5.49. The lowest BCUT2D eigenvalue weighted by Crippen LogP contribution is -2.28. The predicted molar refractivity (Wildman–Crippen MR) is 286 cm³/mol. The molecule has 0 bridgehead atoms. The van der Waals surface area contributed by atoms with Gasteiger partial charge in [0.05, 0.1) is 39.0 Å². The van der Waals surface area contributed by atoms with Crippen LogP contribution in [0.25, 0.3) is 110 Å². The summed E-state index contributed by atoms with van der Waals surface area (Å²) in [5, 5.41) is 7.97. The number of benzene rings is 10. The first-order valence-electron chi connectivity index (χ1n) is 23.7. The van der Waals surface area contributed by atoms with Gasteiger partial charge in [-0.25, -0.2) is 15.0 Å². The summed E-state index contributed by atoms with van der Waals surface area (Å²) in [5.74, 6) is 0. The summed E-state index contributed by atoms with van der Waals surface area (Å²) < 4.78 is 0. The highest BCUT2D eigenvalue weighted by Gasteiger charge is 2.46. The van der Waals surface area contributed by atoms with Crippen molar-refractivity contribution >= 4 is 54.3 Å². The van der Waals surface area contributed by atoms with E-state index in [1.54, 1.807) is 0 Å². The zero-order chi connectivity index (χ0) is 45.5. The van der Waals surface area contributed by atoms with Crippen LogP contribution in [0.4, 0.5) is 0 Å². The summed E-state index contributed by atoms with van der Waals surface area (Å²) in [6.07, 6.45) is 0. The van der Waals surface area contributed by atoms with Crippen LogP contribution in [0, 0.1) is 0 Å². The van der Waals surface area contributed by atoms with Gasteiger partial charge in [0.1, 0.15) is 0 Å². The van der Waals surface area contributed by atoms with Crippen LogP contribution in [0.2, 0.25) is 0 Å². The van der Waals surface area contributed by atoms with Gasteiger partial charge in [-0.05, 0) is 109 Å². The Morgan fingerprint density at radius 3 is 1.57 bits per heavy atom. The van der Waals surface area contributed by atoms with Crippen LogP contribution in [0.5, 0.6) is 0 Å². The van der Waals surface area contributed by atoms with Crippen molar-refractivity contribution in [3.05, 3.63) is 271 Å². The largest absolute Gasteiger partial charge is 0.247 e. The lowest BCUT2D eigenvalue weighted by Gasteiger charge is -2.34. The fourth-order valence-electron chi connectivity index (χ4n) is 11.2. The van der Waals surface area contributed by atoms with E-state index in [9.17, 15) is 0 Å². The molecule has 13 aromatic rings. The molecule has 3 heteroatoms. The highest BCUT2D eigenvalue weighted by molar-refractivity contribution is 6.14. The predicted octanol–water partition coefficient (Wildman–Crippen LogP) is 16.7. The van der Waals surface area contributed by atoms with Gasteiger partial charge in [0.2, 0.25) is 0 Å². The zero-order valence-electron chi connectivity index (χ0n) is 37.5. The minimum absolute atomic E-state index is 0.494. The SMILES string of the molecule is c1ccc(-c2ccc3ccc4ccc(-c5ccc6ccc(-c7cccc(-c8nc9ccccc9c9cc%10c(cc89)-c8ccccc8C%10(c8ccccc8)c8ccccc8)c7)cc6c5)nc4c3n2)cc1. The molecule has 3 aromatic heterocycles. The molecule has 0 unspecified atom stereocenters. The molecule has 3 heterocycles. The molecule has 0 spiro atoms. The molecule has 0 fully saturated rings. The molecule has 0 saturated carbocycles. The molecule has 3 nitrogen and oxygen atoms in total. The maximum Gasteiger partial charge on any atom is 0.0972 e. The first-order valence-corrected chi connectivity index (χ1v) is 23.7. The first-order chi connectivity index (χ1) is 34.2. The number of aromatic nitrogens is 3. The van der Waals surface area contributed by atoms with Gasteiger partial charge in [0.15, 0.2) is 0 Å². The van der Waals surface area contributed by atoms with Crippen LogP contribution in [-0.4, -0.2) is 15.0 Å². The summed E-state index contributed by atoms with van der Waals surface area (Å²) >= 11 is 0. The third kappa shape index (κ3) is 6.18. The summed E-state index contributed by atoms with van der Waals surface area (Å²) in [6, 6.07) is 90.1. The Bertz CT molecular complexity index is 4140. The monoisotopic (exact) mass is 875 g/mol. The summed E-state index contributed by atoms with van der Waals surface area (Å²) in [4.78, 5) is 15.9. The minimum Gasteiger partial charge on any atom is -0.247 e. The van der Waals surface area contributed by atoms with Gasteiger partial charge in [0, 0.05) is 38.2 Å². The van der Waals surface area contributed by atoms with E-state index in [0.717, 1.165) is 88.4 Å². The minimum atomic E-state index is -0.494. The van der Waals surface area contributed by atoms with Gasteiger partial charge in [-0.1, -0.05) is 200 Å². The van der Waals surface area contributed by atoms with Crippen molar-refractivity contribution < 1.29 is 0 Å². The van der Waals surface area contributed by atoms with Crippen LogP contribution >= 0.6 is 0 Å². The average molecular weight is 876 g/mol. The van der Waals surface area contributed by atoms with E-state index in [1.165, 1.54) is 44.2 Å². The second kappa shape index (κ2) is 15.5. The molecule has 10 aromatic carbocycles. The molecule has 1 aliphatic rings. The molecule has 0 aliphatic heterocycles. The number of pyridine rings is 3. The molecule has 14 rings (SSSR count). The third-order valence-electron chi connectivity index (χ3n) is 14.5. The van der Waals surface area contributed by atoms with Gasteiger partial charge in [0.25, 0.3) is 0 Å². The van der Waals surface area contributed by atoms with Crippen LogP contribution in [0.15, 0.2) is 249 Å². The normalized spacial score (nSPS) is 12.8. The molecular formula is C66H41N3. The van der Waals surface area contributed by atoms with E-state index in [4.69, 9.17) is 15.0 Å². The van der Waals surface area contributed by atoms with E-state index in [0.29, 0.717) is 0 Å². The molecule has 0 saturated heterocycles. The van der Waals surface area contributed by atoms with Crippen molar-refractivity contribution in [2.75, 3.05) is 0 Å². The average Bonchev–Trinajstić information content (AvgIpc) is 3.72. The lowest BCUT2D eigenvalue weighted by atomic mass is 9.67. The molecule has 1 aliphatic carbocycles. The Balaban J connectivity index is 0.899. The number of para-hydroxylation sites is 1. The van der Waals surface area contributed by atoms with E-state index < -0.39 is 5.41 Å². The second-order valence-corrected chi connectivity index (χ2v) is 18.3. The van der Waals surface area contributed by atoms with Gasteiger partial charge in [-0.2, -0.15) is 0 Å². The smallest absolute Gasteiger partial charge is 0.0972 e. The topological polar surface area (TPSA) is 38.7 Å². The van der Waals surface area contributed by atoms with E-state index in [2.05, 4.69) is 243 Å². The maximum atomic E-state index is 5.49. The second-order valence-electron chi connectivity index (χ2n) is 18.3. The Hall–Kier alpha value is -9.05. The van der Waals surface area contributed by atoms with E-state index in [-0.39, 0.29) is 0 Å². The van der Waals surface area contributed by atoms with Gasteiger partial charge < -0.3 is 0 Å². The van der Waals surface area contributed by atoms with E-state index in [1.807, 2.05) is 6.07 Å². The van der Waals surface area contributed by atoms with Crippen molar-refractivity contribution in [1.29, 1.82) is 0 Å². The molecule has 69 heavy (non-hydrogen) atoms. The molecular weight excluding hydrogens is 835 g/mol. The Morgan fingerprint density at radius 2 is 0.826 bits per heavy atom. The van der Waals surface area contributed by atoms with Crippen molar-refractivity contribution in [3.8, 4) is 56.0 Å². The quantitative estimate of drug-likeness (QED) is 0.156. The fourth-order valence-corrected chi connectivity index (χ4v) is 11.2. The summed E-state index contributed by atoms with van der Waals surface area (Å²) in [6.45, 7) is 0. The number of nitrogens with zero attached hydrogens (tertiary/aromatic N) is 3. The molecule has 0 atom stereocenters. The summed E-state index contributed by atoms with van der Waals surface area (Å²) in [7, 11) is 0. The highest BCUT2D eigenvalue weighted by Crippen LogP contribution is 2.57. The van der Waals surface area contributed by atoms with Gasteiger partial charge in [-0.3, -0.25) is 0 Å². The van der Waals surface area contributed by atoms with Crippen molar-refractivity contribution in [3.63, 3.8) is 0 Å². The number of hydrogen-bond acceptors (Lipinski definition) is 3. The van der Waals surface area contributed by atoms with Crippen LogP contribution in [0.3, 0.4) is 0 Å². The Labute approximate surface area is 399 Å². The third-order valence-corrected chi connectivity index (χ3v) is 14.5. The Morgan fingerprint density at radius 1 is 0.275 bits per heavy atom. The fraction of sp³-hybridized carbons (Fsp3) is 0.0152. The molecule has 0 radical (unpaired) electrons. The number of rotatable bonds is 6. The highest BCUT2D eigenvalue weighted by atomic mass is 14.8. The summed E-state index contributed by atoms with van der Waals surface area (Å²) in [5.41, 5.74) is 18.3. The molecule has 320 valence electrons. The van der Waals surface area contributed by atoms with Crippen LogP contribution in [0.1, 0.15) is 22.3 Å². The van der Waals surface area contributed by atoms with Gasteiger partial charge >= 0.3 is 0 Å². The Kier molecular flexibility index (Phi) is 8.80. The lowest BCUT2D eigenvalue weighted by molar-refractivity contribution is 0.769. The van der Waals surface area contributed by atoms with Crippen molar-refractivity contribution in [2.45, 2.75) is 5.41 Å². The van der Waals surface area contributed by atoms with Crippen molar-refractivity contribution in [1.82, 2.24) is 15.0 Å². The molecule has 0 amide bonds. The van der Waals surface area contributed by atoms with Crippen molar-refractivity contribution in [2.24, 2.45) is 0 Å². The standard InChI is InChI=1S/C66H41N3/c1-4-15-43(16-5-1)60-35-33-44-29-30-45-34-36-61(68-65(45)64(44)67-60)48-32-28-42-27-31-47(38-50(42)39-48)46-17-14-18-49(37-46)63-57-40-56-53-23-10-12-25-58(53)66(51-19-6-2-7-20-51,52-21-8-3-9-22-52)59(56)41-55(57)54-24-11-13-26-62(54)69-63/h1-41H. The number of fused-ring (bicyclic) bond motifs is 10. The van der Waals surface area contributed by atoms with Crippen LogP contribution in [-0.2, 0) is 5.41 Å². The molecule has 0 N–H and O–H groups in total. The first kappa shape index (κ1) is 39.1. The zero-order valence-corrected chi connectivity index (χ0v) is 37.5. The van der Waals surface area contributed by atoms with E-state index >= 15 is 0 Å².